The molecule has 3 aromatic carbocycles. The molecule has 0 fully saturated rings. The van der Waals surface area contributed by atoms with Crippen molar-refractivity contribution in [2.75, 3.05) is 5.32 Å². The van der Waals surface area contributed by atoms with Gasteiger partial charge in [0.2, 0.25) is 5.13 Å². The molecule has 4 rings (SSSR count). The molecule has 0 saturated carbocycles. The normalized spacial score (nSPS) is 10.9. The van der Waals surface area contributed by atoms with Crippen molar-refractivity contribution in [3.63, 3.8) is 0 Å². The van der Waals surface area contributed by atoms with Crippen molar-refractivity contribution in [3.05, 3.63) is 76.8 Å². The lowest BCUT2D eigenvalue weighted by molar-refractivity contribution is 0.102. The number of hydrogen-bond donors (Lipinski definition) is 2. The van der Waals surface area contributed by atoms with E-state index in [1.54, 1.807) is 43.3 Å². The topological polar surface area (TPSA) is 111 Å². The van der Waals surface area contributed by atoms with E-state index < -0.39 is 5.91 Å². The number of phenols is 1. The molecule has 4 aromatic rings. The van der Waals surface area contributed by atoms with Crippen molar-refractivity contribution in [2.45, 2.75) is 6.92 Å². The van der Waals surface area contributed by atoms with Crippen LogP contribution in [0.1, 0.15) is 20.9 Å². The van der Waals surface area contributed by atoms with E-state index in [1.165, 1.54) is 0 Å². The van der Waals surface area contributed by atoms with E-state index in [4.69, 9.17) is 5.26 Å². The molecule has 8 heteroatoms. The van der Waals surface area contributed by atoms with Crippen LogP contribution < -0.4 is 5.32 Å². The second-order valence-corrected chi connectivity index (χ2v) is 7.36. The van der Waals surface area contributed by atoms with Crippen molar-refractivity contribution in [1.29, 1.82) is 5.26 Å². The fourth-order valence-electron chi connectivity index (χ4n) is 2.93. The molecule has 0 spiro atoms. The highest BCUT2D eigenvalue weighted by Gasteiger charge is 2.19. The molecule has 0 bridgehead atoms. The number of carbonyl (C=O) groups is 1. The smallest absolute Gasteiger partial charge is 0.259 e. The molecule has 0 aliphatic rings. The Bertz CT molecular complexity index is 1320. The van der Waals surface area contributed by atoms with Crippen molar-refractivity contribution in [1.82, 2.24) is 4.98 Å². The van der Waals surface area contributed by atoms with Crippen LogP contribution in [0.15, 0.2) is 70.9 Å². The number of benzene rings is 3. The highest BCUT2D eigenvalue weighted by atomic mass is 32.1. The van der Waals surface area contributed by atoms with Gasteiger partial charge in [-0.3, -0.25) is 4.79 Å². The maximum atomic E-state index is 12.8. The minimum atomic E-state index is -0.460. The number of fused-ring (bicyclic) bond motifs is 1. The number of nitrogens with one attached hydrogen (secondary N) is 1. The third-order valence-corrected chi connectivity index (χ3v) is 5.34. The maximum absolute atomic E-state index is 12.8. The SMILES string of the molecule is Cc1nc(/N=N/c2c(O)c(C(=O)Nc3ccccc3)cc3ccccc23)sc1C#N. The van der Waals surface area contributed by atoms with Crippen molar-refractivity contribution in [2.24, 2.45) is 10.2 Å². The van der Waals surface area contributed by atoms with Crippen LogP contribution in [0, 0.1) is 18.3 Å². The monoisotopic (exact) mass is 413 g/mol. The molecule has 0 aliphatic carbocycles. The number of phenolic OH excluding ortho intramolecular Hbond substituents is 1. The highest BCUT2D eigenvalue weighted by Crippen LogP contribution is 2.40. The first-order valence-electron chi connectivity index (χ1n) is 8.97. The third kappa shape index (κ3) is 3.74. The average Bonchev–Trinajstić information content (AvgIpc) is 3.13. The molecule has 146 valence electrons. The van der Waals surface area contributed by atoms with Gasteiger partial charge >= 0.3 is 0 Å². The number of hydrogen-bond acceptors (Lipinski definition) is 7. The Hall–Kier alpha value is -4.09. The third-order valence-electron chi connectivity index (χ3n) is 4.39. The van der Waals surface area contributed by atoms with Crippen LogP contribution in [0.5, 0.6) is 5.75 Å². The molecule has 0 saturated heterocycles. The van der Waals surface area contributed by atoms with E-state index in [0.717, 1.165) is 16.7 Å². The number of aromatic hydroxyl groups is 1. The van der Waals surface area contributed by atoms with Gasteiger partial charge in [-0.2, -0.15) is 5.26 Å². The van der Waals surface area contributed by atoms with Crippen molar-refractivity contribution >= 4 is 44.5 Å². The predicted molar refractivity (Wildman–Crippen MR) is 116 cm³/mol. The summed E-state index contributed by atoms with van der Waals surface area (Å²) in [6, 6.07) is 19.9. The van der Waals surface area contributed by atoms with Crippen LogP contribution in [0.3, 0.4) is 0 Å². The van der Waals surface area contributed by atoms with E-state index in [2.05, 4.69) is 26.6 Å². The number of para-hydroxylation sites is 1. The summed E-state index contributed by atoms with van der Waals surface area (Å²) in [6.07, 6.45) is 0. The van der Waals surface area contributed by atoms with Gasteiger partial charge in [-0.25, -0.2) is 4.98 Å². The maximum Gasteiger partial charge on any atom is 0.259 e. The van der Waals surface area contributed by atoms with Gasteiger partial charge in [-0.05, 0) is 30.5 Å². The van der Waals surface area contributed by atoms with Gasteiger partial charge in [0.15, 0.2) is 5.75 Å². The highest BCUT2D eigenvalue weighted by molar-refractivity contribution is 7.15. The number of carbonyl (C=O) groups excluding carboxylic acids is 1. The Balaban J connectivity index is 1.78. The van der Waals surface area contributed by atoms with Gasteiger partial charge in [0, 0.05) is 11.1 Å². The summed E-state index contributed by atoms with van der Waals surface area (Å²) < 4.78 is 0. The second kappa shape index (κ2) is 8.11. The summed E-state index contributed by atoms with van der Waals surface area (Å²) in [5.74, 6) is -0.738. The fourth-order valence-corrected chi connectivity index (χ4v) is 3.62. The van der Waals surface area contributed by atoms with Crippen LogP contribution in [0.2, 0.25) is 0 Å². The largest absolute Gasteiger partial charge is 0.505 e. The van der Waals surface area contributed by atoms with Crippen LogP contribution in [0.25, 0.3) is 10.8 Å². The van der Waals surface area contributed by atoms with Gasteiger partial charge in [0.25, 0.3) is 5.91 Å². The lowest BCUT2D eigenvalue weighted by Gasteiger charge is -2.11. The summed E-state index contributed by atoms with van der Waals surface area (Å²) in [4.78, 5) is 17.4. The van der Waals surface area contributed by atoms with E-state index >= 15 is 0 Å². The van der Waals surface area contributed by atoms with Crippen molar-refractivity contribution < 1.29 is 9.90 Å². The number of thiazole rings is 1. The Kier molecular flexibility index (Phi) is 5.20. The van der Waals surface area contributed by atoms with Gasteiger partial charge < -0.3 is 10.4 Å². The van der Waals surface area contributed by atoms with E-state index in [-0.39, 0.29) is 17.0 Å². The minimum Gasteiger partial charge on any atom is -0.505 e. The number of aromatic nitrogens is 1. The zero-order valence-corrected chi connectivity index (χ0v) is 16.6. The molecule has 2 N–H and O–H groups in total. The lowest BCUT2D eigenvalue weighted by atomic mass is 10.0. The Morgan fingerprint density at radius 1 is 1.13 bits per heavy atom. The van der Waals surface area contributed by atoms with Gasteiger partial charge in [0.05, 0.1) is 11.3 Å². The van der Waals surface area contributed by atoms with Crippen LogP contribution >= 0.6 is 11.3 Å². The summed E-state index contributed by atoms with van der Waals surface area (Å²) >= 11 is 1.11. The summed E-state index contributed by atoms with van der Waals surface area (Å²) in [7, 11) is 0. The Morgan fingerprint density at radius 2 is 1.87 bits per heavy atom. The quantitative estimate of drug-likeness (QED) is 0.409. The fraction of sp³-hybridized carbons (Fsp3) is 0.0455. The zero-order valence-electron chi connectivity index (χ0n) is 15.8. The molecular weight excluding hydrogens is 398 g/mol. The molecule has 1 heterocycles. The number of amides is 1. The van der Waals surface area contributed by atoms with E-state index in [9.17, 15) is 9.90 Å². The number of azo groups is 1. The van der Waals surface area contributed by atoms with Gasteiger partial charge in [-0.1, -0.05) is 53.8 Å². The van der Waals surface area contributed by atoms with E-state index in [0.29, 0.717) is 26.8 Å². The summed E-state index contributed by atoms with van der Waals surface area (Å²) in [6.45, 7) is 1.72. The Labute approximate surface area is 176 Å². The van der Waals surface area contributed by atoms with Gasteiger partial charge in [-0.15, -0.1) is 10.2 Å². The first kappa shape index (κ1) is 19.2. The number of rotatable bonds is 4. The molecule has 7 nitrogen and oxygen atoms in total. The molecule has 0 radical (unpaired) electrons. The lowest BCUT2D eigenvalue weighted by Crippen LogP contribution is -2.12. The summed E-state index contributed by atoms with van der Waals surface area (Å²) in [5, 5.41) is 32.6. The predicted octanol–water partition coefficient (Wildman–Crippen LogP) is 5.85. The van der Waals surface area contributed by atoms with Crippen molar-refractivity contribution in [3.8, 4) is 11.8 Å². The average molecular weight is 413 g/mol. The standard InChI is InChI=1S/C22H15N5O2S/c1-13-18(12-23)30-22(24-13)27-26-19-16-10-6-5-7-14(16)11-17(20(19)28)21(29)25-15-8-3-2-4-9-15/h2-11,28H,1H3,(H,25,29)/b27-26+. The first-order chi connectivity index (χ1) is 14.6. The Morgan fingerprint density at radius 3 is 2.60 bits per heavy atom. The van der Waals surface area contributed by atoms with E-state index in [1.807, 2.05) is 24.3 Å². The molecular formula is C22H15N5O2S. The molecule has 1 aromatic heterocycles. The summed E-state index contributed by atoms with van der Waals surface area (Å²) in [5.41, 5.74) is 1.43. The molecule has 0 unspecified atom stereocenters. The number of anilines is 1. The number of nitriles is 1. The molecule has 30 heavy (non-hydrogen) atoms. The number of aryl methyl sites for hydroxylation is 1. The van der Waals surface area contributed by atoms with Crippen LogP contribution in [-0.2, 0) is 0 Å². The second-order valence-electron chi connectivity index (χ2n) is 6.39. The van der Waals surface area contributed by atoms with Gasteiger partial charge in [0.1, 0.15) is 16.6 Å². The van der Waals surface area contributed by atoms with Crippen LogP contribution in [0.4, 0.5) is 16.5 Å². The first-order valence-corrected chi connectivity index (χ1v) is 9.79. The van der Waals surface area contributed by atoms with Crippen LogP contribution in [-0.4, -0.2) is 16.0 Å². The molecule has 1 amide bonds. The zero-order chi connectivity index (χ0) is 21.1. The number of nitrogens with zero attached hydrogens (tertiary/aromatic N) is 4. The molecule has 0 aliphatic heterocycles. The molecule has 0 atom stereocenters. The minimum absolute atomic E-state index is 0.0829.